The maximum atomic E-state index is 12.5. The van der Waals surface area contributed by atoms with Crippen LogP contribution in [0.5, 0.6) is 11.5 Å². The lowest BCUT2D eigenvalue weighted by atomic mass is 10.1. The maximum absolute atomic E-state index is 12.5. The quantitative estimate of drug-likeness (QED) is 0.745. The van der Waals surface area contributed by atoms with Crippen molar-refractivity contribution in [1.82, 2.24) is 4.98 Å². The Morgan fingerprint density at radius 3 is 2.32 bits per heavy atom. The van der Waals surface area contributed by atoms with Gasteiger partial charge in [-0.25, -0.2) is 4.98 Å². The van der Waals surface area contributed by atoms with Crippen LogP contribution in [0.15, 0.2) is 23.6 Å². The number of alkyl halides is 4. The highest BCUT2D eigenvalue weighted by atomic mass is 32.1. The first-order valence-electron chi connectivity index (χ1n) is 6.03. The van der Waals surface area contributed by atoms with Gasteiger partial charge in [0, 0.05) is 31.1 Å². The van der Waals surface area contributed by atoms with Crippen LogP contribution in [0.4, 0.5) is 22.7 Å². The molecular formula is C13H12F4N2O2S. The predicted octanol–water partition coefficient (Wildman–Crippen LogP) is 4.08. The molecule has 120 valence electrons. The van der Waals surface area contributed by atoms with Crippen molar-refractivity contribution in [3.8, 4) is 22.8 Å². The minimum Gasteiger partial charge on any atom is -0.435 e. The molecule has 0 aliphatic heterocycles. The van der Waals surface area contributed by atoms with Crippen molar-refractivity contribution >= 4 is 16.5 Å². The average molecular weight is 336 g/mol. The molecule has 4 nitrogen and oxygen atoms in total. The summed E-state index contributed by atoms with van der Waals surface area (Å²) < 4.78 is 58.0. The van der Waals surface area contributed by atoms with Gasteiger partial charge < -0.3 is 14.4 Å². The number of hydrogen-bond acceptors (Lipinski definition) is 5. The molecule has 0 fully saturated rings. The lowest BCUT2D eigenvalue weighted by molar-refractivity contribution is -0.0540. The molecule has 1 heterocycles. The van der Waals surface area contributed by atoms with Gasteiger partial charge >= 0.3 is 13.2 Å². The molecule has 22 heavy (non-hydrogen) atoms. The first-order valence-corrected chi connectivity index (χ1v) is 6.91. The summed E-state index contributed by atoms with van der Waals surface area (Å²) in [6.07, 6.45) is 0. The smallest absolute Gasteiger partial charge is 0.387 e. The minimum atomic E-state index is -3.09. The van der Waals surface area contributed by atoms with E-state index in [4.69, 9.17) is 0 Å². The van der Waals surface area contributed by atoms with Crippen LogP contribution in [0.2, 0.25) is 0 Å². The van der Waals surface area contributed by atoms with Gasteiger partial charge in [0.25, 0.3) is 0 Å². The van der Waals surface area contributed by atoms with Crippen LogP contribution in [0.25, 0.3) is 11.3 Å². The average Bonchev–Trinajstić information content (AvgIpc) is 2.87. The standard InChI is InChI=1S/C13H12F4N2O2S/c1-19(2)13-18-9(6-22-13)8-4-3-7(20-11(14)15)5-10(8)21-12(16)17/h3-6,11-12H,1-2H3. The van der Waals surface area contributed by atoms with Gasteiger partial charge in [-0.1, -0.05) is 0 Å². The second-order valence-corrected chi connectivity index (χ2v) is 5.16. The summed E-state index contributed by atoms with van der Waals surface area (Å²) in [5.41, 5.74) is 0.680. The van der Waals surface area contributed by atoms with E-state index >= 15 is 0 Å². The highest BCUT2D eigenvalue weighted by Crippen LogP contribution is 2.36. The first-order chi connectivity index (χ1) is 10.4. The van der Waals surface area contributed by atoms with Crippen LogP contribution in [-0.4, -0.2) is 32.3 Å². The number of ether oxygens (including phenoxy) is 2. The molecule has 1 aromatic heterocycles. The van der Waals surface area contributed by atoms with Crippen molar-refractivity contribution in [2.24, 2.45) is 0 Å². The zero-order valence-electron chi connectivity index (χ0n) is 11.6. The molecule has 2 aromatic rings. The van der Waals surface area contributed by atoms with Crippen LogP contribution in [0.3, 0.4) is 0 Å². The molecule has 0 radical (unpaired) electrons. The summed E-state index contributed by atoms with van der Waals surface area (Å²) in [6.45, 7) is -6.14. The Bertz CT molecular complexity index is 634. The molecule has 0 saturated heterocycles. The number of hydrogen-bond donors (Lipinski definition) is 0. The fourth-order valence-electron chi connectivity index (χ4n) is 1.68. The Morgan fingerprint density at radius 1 is 1.09 bits per heavy atom. The molecule has 9 heteroatoms. The lowest BCUT2D eigenvalue weighted by Gasteiger charge is -2.12. The molecule has 0 amide bonds. The molecule has 0 aliphatic carbocycles. The third-order valence-corrected chi connectivity index (χ3v) is 3.55. The topological polar surface area (TPSA) is 34.6 Å². The molecular weight excluding hydrogens is 324 g/mol. The number of benzene rings is 1. The van der Waals surface area contributed by atoms with E-state index in [1.807, 2.05) is 0 Å². The van der Waals surface area contributed by atoms with Gasteiger partial charge in [0.1, 0.15) is 11.5 Å². The number of nitrogens with zero attached hydrogens (tertiary/aromatic N) is 2. The molecule has 0 aliphatic rings. The van der Waals surface area contributed by atoms with Crippen LogP contribution >= 0.6 is 11.3 Å². The van der Waals surface area contributed by atoms with E-state index in [9.17, 15) is 17.6 Å². The lowest BCUT2D eigenvalue weighted by Crippen LogP contribution is -2.08. The predicted molar refractivity (Wildman–Crippen MR) is 75.1 cm³/mol. The summed E-state index contributed by atoms with van der Waals surface area (Å²) in [4.78, 5) is 6.03. The summed E-state index contributed by atoms with van der Waals surface area (Å²) in [5.74, 6) is -0.541. The number of aromatic nitrogens is 1. The summed E-state index contributed by atoms with van der Waals surface area (Å²) >= 11 is 1.32. The summed E-state index contributed by atoms with van der Waals surface area (Å²) in [6, 6.07) is 3.58. The fourth-order valence-corrected chi connectivity index (χ4v) is 2.44. The molecule has 1 aromatic carbocycles. The van der Waals surface area contributed by atoms with E-state index in [1.54, 1.807) is 24.4 Å². The Hall–Kier alpha value is -2.03. The van der Waals surface area contributed by atoms with Crippen LogP contribution in [0, 0.1) is 0 Å². The van der Waals surface area contributed by atoms with Crippen molar-refractivity contribution in [3.63, 3.8) is 0 Å². The molecule has 0 spiro atoms. The van der Waals surface area contributed by atoms with Crippen molar-refractivity contribution in [1.29, 1.82) is 0 Å². The second kappa shape index (κ2) is 6.82. The zero-order valence-corrected chi connectivity index (χ0v) is 12.4. The van der Waals surface area contributed by atoms with Crippen molar-refractivity contribution in [2.75, 3.05) is 19.0 Å². The third-order valence-electron chi connectivity index (χ3n) is 2.54. The normalized spacial score (nSPS) is 11.1. The number of rotatable bonds is 6. The van der Waals surface area contributed by atoms with E-state index in [1.165, 1.54) is 23.5 Å². The number of halogens is 4. The van der Waals surface area contributed by atoms with Crippen molar-refractivity contribution in [2.45, 2.75) is 13.2 Å². The van der Waals surface area contributed by atoms with Gasteiger partial charge in [-0.15, -0.1) is 11.3 Å². The van der Waals surface area contributed by atoms with E-state index in [0.717, 1.165) is 6.07 Å². The zero-order chi connectivity index (χ0) is 16.3. The number of anilines is 1. The number of thiazole rings is 1. The first kappa shape index (κ1) is 16.3. The molecule has 0 N–H and O–H groups in total. The van der Waals surface area contributed by atoms with E-state index < -0.39 is 13.2 Å². The Balaban J connectivity index is 2.39. The van der Waals surface area contributed by atoms with Gasteiger partial charge in [0.05, 0.1) is 5.69 Å². The molecule has 0 unspecified atom stereocenters. The fraction of sp³-hybridized carbons (Fsp3) is 0.308. The third kappa shape index (κ3) is 4.00. The second-order valence-electron chi connectivity index (χ2n) is 4.32. The van der Waals surface area contributed by atoms with E-state index in [-0.39, 0.29) is 17.1 Å². The molecule has 0 saturated carbocycles. The monoisotopic (exact) mass is 336 g/mol. The van der Waals surface area contributed by atoms with Crippen LogP contribution in [-0.2, 0) is 0 Å². The minimum absolute atomic E-state index is 0.266. The van der Waals surface area contributed by atoms with E-state index in [2.05, 4.69) is 14.5 Å². The van der Waals surface area contributed by atoms with Crippen LogP contribution < -0.4 is 14.4 Å². The Labute approximate surface area is 127 Å². The van der Waals surface area contributed by atoms with Gasteiger partial charge in [0.15, 0.2) is 5.13 Å². The Kier molecular flexibility index (Phi) is 5.07. The van der Waals surface area contributed by atoms with E-state index in [0.29, 0.717) is 10.8 Å². The van der Waals surface area contributed by atoms with Gasteiger partial charge in [-0.05, 0) is 12.1 Å². The van der Waals surface area contributed by atoms with Gasteiger partial charge in [-0.3, -0.25) is 0 Å². The summed E-state index contributed by atoms with van der Waals surface area (Å²) in [5, 5.41) is 2.34. The Morgan fingerprint density at radius 2 is 1.77 bits per heavy atom. The van der Waals surface area contributed by atoms with Crippen molar-refractivity contribution < 1.29 is 27.0 Å². The van der Waals surface area contributed by atoms with Crippen LogP contribution in [0.1, 0.15) is 0 Å². The highest BCUT2D eigenvalue weighted by molar-refractivity contribution is 7.14. The molecule has 0 bridgehead atoms. The van der Waals surface area contributed by atoms with Crippen molar-refractivity contribution in [3.05, 3.63) is 23.6 Å². The largest absolute Gasteiger partial charge is 0.435 e. The van der Waals surface area contributed by atoms with Gasteiger partial charge in [0.2, 0.25) is 0 Å². The summed E-state index contributed by atoms with van der Waals surface area (Å²) in [7, 11) is 3.58. The highest BCUT2D eigenvalue weighted by Gasteiger charge is 2.17. The maximum Gasteiger partial charge on any atom is 0.387 e. The van der Waals surface area contributed by atoms with Gasteiger partial charge in [-0.2, -0.15) is 17.6 Å². The SMILES string of the molecule is CN(C)c1nc(-c2ccc(OC(F)F)cc2OC(F)F)cs1. The molecule has 0 atom stereocenters. The molecule has 2 rings (SSSR count).